The van der Waals surface area contributed by atoms with Crippen molar-refractivity contribution in [3.05, 3.63) is 93.8 Å². The molecule has 6 rings (SSSR count). The molecule has 2 aliphatic rings. The number of nitrogens with zero attached hydrogens (tertiary/aromatic N) is 5. The lowest BCUT2D eigenvalue weighted by atomic mass is 9.81. The standard InChI is InChI=1S/C24H20N6OS2/c31-19-12-16(20-7-4-10-32-20)11-18-21(19)22(17-6-1-2-9-26-17)30-23(27-18)28-24(29-30)33-14-15-5-3-8-25-13-15/h1-10,13,16,22H,11-12,14H2,(H,27,28,29)/t16-,22-/m0/s1. The first-order valence-electron chi connectivity index (χ1n) is 10.7. The molecule has 0 aromatic carbocycles. The summed E-state index contributed by atoms with van der Waals surface area (Å²) in [6.45, 7) is 0. The van der Waals surface area contributed by atoms with E-state index in [9.17, 15) is 4.79 Å². The number of anilines is 1. The molecule has 0 radical (unpaired) electrons. The Bertz CT molecular complexity index is 1320. The number of carbonyl (C=O) groups excluding carboxylic acids is 1. The Balaban J connectivity index is 1.37. The van der Waals surface area contributed by atoms with Crippen LogP contribution in [0.15, 0.2) is 82.9 Å². The molecule has 0 fully saturated rings. The van der Waals surface area contributed by atoms with Crippen LogP contribution in [0, 0.1) is 0 Å². The monoisotopic (exact) mass is 472 g/mol. The number of carbonyl (C=O) groups is 1. The first-order valence-corrected chi connectivity index (χ1v) is 12.6. The molecular formula is C24H20N6OS2. The molecule has 164 valence electrons. The van der Waals surface area contributed by atoms with Crippen LogP contribution in [0.3, 0.4) is 0 Å². The van der Waals surface area contributed by atoms with E-state index in [0.717, 1.165) is 34.7 Å². The fourth-order valence-electron chi connectivity index (χ4n) is 4.42. The van der Waals surface area contributed by atoms with Gasteiger partial charge in [0, 0.05) is 52.8 Å². The molecule has 4 aromatic heterocycles. The average molecular weight is 473 g/mol. The third-order valence-electron chi connectivity index (χ3n) is 5.90. The highest BCUT2D eigenvalue weighted by atomic mass is 32.2. The maximum Gasteiger partial charge on any atom is 0.227 e. The second-order valence-electron chi connectivity index (χ2n) is 8.03. The molecule has 0 saturated heterocycles. The zero-order valence-corrected chi connectivity index (χ0v) is 19.2. The fraction of sp³-hybridized carbons (Fsp3) is 0.208. The van der Waals surface area contributed by atoms with E-state index in [-0.39, 0.29) is 17.7 Å². The first kappa shape index (κ1) is 20.3. The van der Waals surface area contributed by atoms with Crippen LogP contribution in [0.5, 0.6) is 0 Å². The molecule has 0 spiro atoms. The van der Waals surface area contributed by atoms with Gasteiger partial charge >= 0.3 is 0 Å². The summed E-state index contributed by atoms with van der Waals surface area (Å²) in [6.07, 6.45) is 6.64. The van der Waals surface area contributed by atoms with Gasteiger partial charge in [0.05, 0.1) is 5.69 Å². The van der Waals surface area contributed by atoms with Crippen LogP contribution < -0.4 is 5.32 Å². The van der Waals surface area contributed by atoms with Crippen LogP contribution in [0.2, 0.25) is 0 Å². The van der Waals surface area contributed by atoms with Crippen LogP contribution in [-0.2, 0) is 10.5 Å². The summed E-state index contributed by atoms with van der Waals surface area (Å²) in [5.41, 5.74) is 3.59. The summed E-state index contributed by atoms with van der Waals surface area (Å²) in [5.74, 6) is 1.70. The van der Waals surface area contributed by atoms with Crippen molar-refractivity contribution >= 4 is 34.8 Å². The molecule has 1 N–H and O–H groups in total. The zero-order chi connectivity index (χ0) is 22.2. The van der Waals surface area contributed by atoms with Crippen molar-refractivity contribution in [1.29, 1.82) is 0 Å². The molecule has 0 saturated carbocycles. The van der Waals surface area contributed by atoms with E-state index >= 15 is 0 Å². The highest BCUT2D eigenvalue weighted by molar-refractivity contribution is 7.98. The molecule has 2 atom stereocenters. The Morgan fingerprint density at radius 3 is 2.88 bits per heavy atom. The molecular weight excluding hydrogens is 452 g/mol. The molecule has 1 aliphatic heterocycles. The van der Waals surface area contributed by atoms with Gasteiger partial charge in [-0.05, 0) is 41.6 Å². The Hall–Kier alpha value is -3.30. The van der Waals surface area contributed by atoms with Gasteiger partial charge in [-0.3, -0.25) is 14.8 Å². The van der Waals surface area contributed by atoms with Crippen molar-refractivity contribution in [3.63, 3.8) is 0 Å². The van der Waals surface area contributed by atoms with Crippen molar-refractivity contribution in [2.45, 2.75) is 35.7 Å². The van der Waals surface area contributed by atoms with E-state index in [1.165, 1.54) is 4.88 Å². The third-order valence-corrected chi connectivity index (χ3v) is 7.85. The van der Waals surface area contributed by atoms with Crippen molar-refractivity contribution in [3.8, 4) is 0 Å². The number of thiophene rings is 1. The second-order valence-corrected chi connectivity index (χ2v) is 9.95. The van der Waals surface area contributed by atoms with Crippen LogP contribution in [-0.4, -0.2) is 30.5 Å². The lowest BCUT2D eigenvalue weighted by Gasteiger charge is -2.34. The Labute approximate surface area is 199 Å². The SMILES string of the molecule is O=C1C[C@@H](c2cccs2)CC2=C1[C@H](c1ccccn1)n1nc(SCc3cccnc3)nc1N2. The van der Waals surface area contributed by atoms with Gasteiger partial charge in [-0.25, -0.2) is 4.68 Å². The summed E-state index contributed by atoms with van der Waals surface area (Å²) < 4.78 is 1.82. The number of nitrogens with one attached hydrogen (secondary N) is 1. The van der Waals surface area contributed by atoms with Crippen LogP contribution >= 0.6 is 23.1 Å². The van der Waals surface area contributed by atoms with Crippen molar-refractivity contribution in [1.82, 2.24) is 24.7 Å². The largest absolute Gasteiger partial charge is 0.328 e. The number of rotatable bonds is 5. The van der Waals surface area contributed by atoms with Crippen LogP contribution in [0.25, 0.3) is 0 Å². The number of thioether (sulfide) groups is 1. The van der Waals surface area contributed by atoms with Gasteiger partial charge < -0.3 is 5.32 Å². The van der Waals surface area contributed by atoms with Gasteiger partial charge in [0.25, 0.3) is 0 Å². The van der Waals surface area contributed by atoms with Gasteiger partial charge in [0.1, 0.15) is 6.04 Å². The van der Waals surface area contributed by atoms with E-state index in [1.54, 1.807) is 35.5 Å². The van der Waals surface area contributed by atoms with Crippen LogP contribution in [0.4, 0.5) is 5.95 Å². The van der Waals surface area contributed by atoms with Gasteiger partial charge in [-0.1, -0.05) is 30.0 Å². The predicted octanol–water partition coefficient (Wildman–Crippen LogP) is 4.84. The molecule has 9 heteroatoms. The molecule has 33 heavy (non-hydrogen) atoms. The summed E-state index contributed by atoms with van der Waals surface area (Å²) >= 11 is 3.26. The highest BCUT2D eigenvalue weighted by Crippen LogP contribution is 2.44. The predicted molar refractivity (Wildman–Crippen MR) is 128 cm³/mol. The van der Waals surface area contributed by atoms with E-state index in [0.29, 0.717) is 17.5 Å². The quantitative estimate of drug-likeness (QED) is 0.416. The normalized spacial score (nSPS) is 19.7. The van der Waals surface area contributed by atoms with Gasteiger partial charge in [-0.15, -0.1) is 16.4 Å². The number of fused-ring (bicyclic) bond motifs is 1. The summed E-state index contributed by atoms with van der Waals surface area (Å²) in [6, 6.07) is 13.5. The lowest BCUT2D eigenvalue weighted by molar-refractivity contribution is -0.116. The minimum Gasteiger partial charge on any atom is -0.328 e. The number of pyridine rings is 2. The third kappa shape index (κ3) is 3.87. The van der Waals surface area contributed by atoms with Crippen molar-refractivity contribution < 1.29 is 4.79 Å². The molecule has 4 aromatic rings. The minimum atomic E-state index is -0.380. The number of aromatic nitrogens is 5. The van der Waals surface area contributed by atoms with E-state index < -0.39 is 0 Å². The van der Waals surface area contributed by atoms with Crippen LogP contribution in [0.1, 0.15) is 40.9 Å². The molecule has 0 bridgehead atoms. The van der Waals surface area contributed by atoms with Gasteiger partial charge in [0.15, 0.2) is 5.78 Å². The first-order chi connectivity index (χ1) is 16.3. The fourth-order valence-corrected chi connectivity index (χ4v) is 6.01. The number of allylic oxidation sites excluding steroid dienone is 2. The topological polar surface area (TPSA) is 85.6 Å². The number of Topliss-reactive ketones (excluding diaryl/α,β-unsaturated/α-hetero) is 1. The van der Waals surface area contributed by atoms with E-state index in [2.05, 4.69) is 26.7 Å². The average Bonchev–Trinajstić information content (AvgIpc) is 3.52. The van der Waals surface area contributed by atoms with E-state index in [1.807, 2.05) is 47.3 Å². The molecule has 5 heterocycles. The van der Waals surface area contributed by atoms with Crippen molar-refractivity contribution in [2.24, 2.45) is 0 Å². The maximum absolute atomic E-state index is 13.5. The Kier molecular flexibility index (Phi) is 5.27. The molecule has 0 amide bonds. The minimum absolute atomic E-state index is 0.142. The Morgan fingerprint density at radius 1 is 1.12 bits per heavy atom. The van der Waals surface area contributed by atoms with E-state index in [4.69, 9.17) is 10.1 Å². The Morgan fingerprint density at radius 2 is 2.09 bits per heavy atom. The maximum atomic E-state index is 13.5. The summed E-state index contributed by atoms with van der Waals surface area (Å²) in [7, 11) is 0. The lowest BCUT2D eigenvalue weighted by Crippen LogP contribution is -2.33. The second kappa shape index (κ2) is 8.57. The number of ketones is 1. The number of hydrogen-bond acceptors (Lipinski definition) is 8. The highest BCUT2D eigenvalue weighted by Gasteiger charge is 2.40. The van der Waals surface area contributed by atoms with Crippen molar-refractivity contribution in [2.75, 3.05) is 5.32 Å². The van der Waals surface area contributed by atoms with Gasteiger partial charge in [-0.2, -0.15) is 4.98 Å². The summed E-state index contributed by atoms with van der Waals surface area (Å²) in [5, 5.41) is 10.9. The molecule has 7 nitrogen and oxygen atoms in total. The van der Waals surface area contributed by atoms with Gasteiger partial charge in [0.2, 0.25) is 11.1 Å². The summed E-state index contributed by atoms with van der Waals surface area (Å²) in [4.78, 5) is 28.2. The molecule has 1 aliphatic carbocycles. The smallest absolute Gasteiger partial charge is 0.227 e. The number of hydrogen-bond donors (Lipinski definition) is 1. The molecule has 0 unspecified atom stereocenters. The zero-order valence-electron chi connectivity index (χ0n) is 17.6.